The van der Waals surface area contributed by atoms with Crippen molar-refractivity contribution < 1.29 is 8.83 Å². The first-order chi connectivity index (χ1) is 68.5. The van der Waals surface area contributed by atoms with E-state index < -0.39 is 0 Å². The molecule has 0 unspecified atom stereocenters. The highest BCUT2D eigenvalue weighted by Crippen LogP contribution is 2.53. The van der Waals surface area contributed by atoms with Crippen LogP contribution in [-0.2, 0) is 0 Å². The lowest BCUT2D eigenvalue weighted by Gasteiger charge is -2.21. The fraction of sp³-hybridized carbons (Fsp3) is 0. The molecule has 0 spiro atoms. The molecule has 2 heterocycles. The monoisotopic (exact) mass is 1750 g/mol. The number of para-hydroxylation sites is 2. The van der Waals surface area contributed by atoms with Gasteiger partial charge in [-0.15, -0.1) is 0 Å². The fourth-order valence-electron chi connectivity index (χ4n) is 21.6. The molecule has 2 nitrogen and oxygen atoms in total. The molecule has 0 N–H and O–H groups in total. The Labute approximate surface area is 800 Å². The Kier molecular flexibility index (Phi) is 21.0. The predicted octanol–water partition coefficient (Wildman–Crippen LogP) is 38.6. The van der Waals surface area contributed by atoms with Gasteiger partial charge in [0.25, 0.3) is 0 Å². The van der Waals surface area contributed by atoms with Crippen LogP contribution in [0.5, 0.6) is 0 Å². The summed E-state index contributed by atoms with van der Waals surface area (Å²) in [6.07, 6.45) is 0. The maximum Gasteiger partial charge on any atom is 0.136 e. The standard InChI is InChI=1S/C48H32.2C44H28O/c1-3-14-33(15-4-1)34-26-28-37(29-27-34)47-42-21-9-11-23-44(42)48(45-24-12-10-22-43(45)47)46-32-38(30-31-41(46)35-16-5-2-6-17-35)40-25-13-19-36-18-7-8-20-39(36)40;1-2-14-29(15-3-1)31-16-4-6-19-35(31)43-37-21-8-10-23-39(37)44(40-24-11-9-22-38(40)43)36-20-7-5-17-32(36)30-26-27-34-33-18-12-13-25-41(33)45-42(34)28-30;1-2-13-29(14-3-1)33-17-4-5-19-36(33)44-39-22-8-6-20-37(39)43(38-21-7-9-23-40(38)44)32-16-12-15-30(27-32)31-25-26-35-34-18-10-11-24-41(34)45-42(35)28-31/h1-32H;2*1-28H. The van der Waals surface area contributed by atoms with E-state index in [4.69, 9.17) is 8.83 Å². The first-order valence-electron chi connectivity index (χ1n) is 47.5. The predicted molar refractivity (Wildman–Crippen MR) is 587 cm³/mol. The van der Waals surface area contributed by atoms with Gasteiger partial charge >= 0.3 is 0 Å². The van der Waals surface area contributed by atoms with Gasteiger partial charge in [0.1, 0.15) is 22.3 Å². The third-order valence-electron chi connectivity index (χ3n) is 27.9. The summed E-state index contributed by atoms with van der Waals surface area (Å²) in [7, 11) is 0. The maximum absolute atomic E-state index is 6.31. The van der Waals surface area contributed by atoms with Crippen LogP contribution in [0.15, 0.2) is 543 Å². The molecule has 0 aliphatic rings. The van der Waals surface area contributed by atoms with Crippen molar-refractivity contribution in [1.29, 1.82) is 0 Å². The first kappa shape index (κ1) is 81.9. The third-order valence-corrected chi connectivity index (χ3v) is 27.9. The number of fused-ring (bicyclic) bond motifs is 13. The molecule has 0 aliphatic carbocycles. The number of benzene rings is 25. The van der Waals surface area contributed by atoms with Gasteiger partial charge in [0.2, 0.25) is 0 Å². The maximum atomic E-state index is 6.31. The van der Waals surface area contributed by atoms with Crippen LogP contribution in [-0.4, -0.2) is 0 Å². The van der Waals surface area contributed by atoms with Gasteiger partial charge in [0.05, 0.1) is 0 Å². The van der Waals surface area contributed by atoms with Crippen LogP contribution in [0.25, 0.3) is 264 Å². The van der Waals surface area contributed by atoms with E-state index in [0.29, 0.717) is 0 Å². The summed E-state index contributed by atoms with van der Waals surface area (Å²) >= 11 is 0. The van der Waals surface area contributed by atoms with E-state index in [1.54, 1.807) is 0 Å². The second kappa shape index (κ2) is 35.5. The lowest BCUT2D eigenvalue weighted by atomic mass is 9.82. The summed E-state index contributed by atoms with van der Waals surface area (Å²) in [6.45, 7) is 0. The fourth-order valence-corrected chi connectivity index (χ4v) is 21.6. The summed E-state index contributed by atoms with van der Waals surface area (Å²) in [5.74, 6) is 0. The first-order valence-corrected chi connectivity index (χ1v) is 47.5. The molecule has 25 aromatic carbocycles. The highest BCUT2D eigenvalue weighted by molar-refractivity contribution is 6.27. The number of rotatable bonds is 13. The molecule has 644 valence electrons. The van der Waals surface area contributed by atoms with E-state index in [9.17, 15) is 0 Å². The topological polar surface area (TPSA) is 26.3 Å². The molecule has 0 aliphatic heterocycles. The van der Waals surface area contributed by atoms with Crippen LogP contribution in [0.1, 0.15) is 0 Å². The Morgan fingerprint density at radius 3 is 0.768 bits per heavy atom. The Bertz CT molecular complexity index is 9190. The van der Waals surface area contributed by atoms with Crippen molar-refractivity contribution in [2.24, 2.45) is 0 Å². The minimum atomic E-state index is 0.908. The van der Waals surface area contributed by atoms with E-state index in [0.717, 1.165) is 55.0 Å². The number of hydrogen-bond donors (Lipinski definition) is 0. The molecule has 0 atom stereocenters. The van der Waals surface area contributed by atoms with Crippen LogP contribution < -0.4 is 0 Å². The highest BCUT2D eigenvalue weighted by Gasteiger charge is 2.26. The molecule has 27 rings (SSSR count). The molecule has 0 fully saturated rings. The SMILES string of the molecule is c1ccc(-c2ccc(-c3c4ccccc4c(-c4cc(-c5cccc6ccccc56)ccc4-c4ccccc4)c4ccccc34)cc2)cc1.c1ccc(-c2ccccc2-c2c3ccccc3c(-c3cccc(-c4ccc5c(c4)oc4ccccc45)c3)c3ccccc23)cc1.c1ccc(-c2ccccc2-c2c3ccccc3c(-c3ccccc3-c3ccc4c(c3)oc3ccccc34)c3ccccc23)cc1. The molecule has 138 heavy (non-hydrogen) atoms. The van der Waals surface area contributed by atoms with Crippen molar-refractivity contribution in [3.63, 3.8) is 0 Å². The van der Waals surface area contributed by atoms with Gasteiger partial charge in [-0.3, -0.25) is 0 Å². The summed E-state index contributed by atoms with van der Waals surface area (Å²) < 4.78 is 12.6. The zero-order valence-electron chi connectivity index (χ0n) is 75.6. The average molecular weight is 1750 g/mol. The number of hydrogen-bond acceptors (Lipinski definition) is 2. The smallest absolute Gasteiger partial charge is 0.136 e. The van der Waals surface area contributed by atoms with Gasteiger partial charge in [0, 0.05) is 21.5 Å². The van der Waals surface area contributed by atoms with Crippen LogP contribution >= 0.6 is 0 Å². The van der Waals surface area contributed by atoms with Crippen LogP contribution in [0.4, 0.5) is 0 Å². The van der Waals surface area contributed by atoms with Gasteiger partial charge in [0.15, 0.2) is 0 Å². The molecule has 2 aromatic heterocycles. The van der Waals surface area contributed by atoms with E-state index in [-0.39, 0.29) is 0 Å². The van der Waals surface area contributed by atoms with Gasteiger partial charge in [-0.2, -0.15) is 0 Å². The van der Waals surface area contributed by atoms with Crippen molar-refractivity contribution in [3.05, 3.63) is 534 Å². The minimum absolute atomic E-state index is 0.908. The minimum Gasteiger partial charge on any atom is -0.456 e. The largest absolute Gasteiger partial charge is 0.456 e. The molecule has 0 amide bonds. The molecular weight excluding hydrogens is 1670 g/mol. The van der Waals surface area contributed by atoms with Crippen LogP contribution in [0.3, 0.4) is 0 Å². The van der Waals surface area contributed by atoms with Gasteiger partial charge in [-0.05, 0) is 269 Å². The number of furan rings is 2. The Balaban J connectivity index is 0.000000110. The Morgan fingerprint density at radius 2 is 0.333 bits per heavy atom. The summed E-state index contributed by atoms with van der Waals surface area (Å²) in [5, 5.41) is 22.1. The van der Waals surface area contributed by atoms with Gasteiger partial charge in [-0.1, -0.05) is 485 Å². The molecule has 0 saturated heterocycles. The van der Waals surface area contributed by atoms with Gasteiger partial charge < -0.3 is 8.83 Å². The molecule has 2 heteroatoms. The lowest BCUT2D eigenvalue weighted by molar-refractivity contribution is 0.668. The van der Waals surface area contributed by atoms with E-state index in [1.807, 2.05) is 24.3 Å². The zero-order valence-corrected chi connectivity index (χ0v) is 75.6. The van der Waals surface area contributed by atoms with Gasteiger partial charge in [-0.25, -0.2) is 0 Å². The average Bonchev–Trinajstić information content (AvgIpc) is 0.851. The molecule has 0 bridgehead atoms. The molecule has 0 saturated carbocycles. The van der Waals surface area contributed by atoms with Crippen molar-refractivity contribution in [3.8, 4) is 145 Å². The van der Waals surface area contributed by atoms with Crippen LogP contribution in [0, 0.1) is 0 Å². The Morgan fingerprint density at radius 1 is 0.0942 bits per heavy atom. The van der Waals surface area contributed by atoms with Crippen molar-refractivity contribution >= 4 is 119 Å². The zero-order chi connectivity index (χ0) is 91.4. The van der Waals surface area contributed by atoms with Crippen molar-refractivity contribution in [2.45, 2.75) is 0 Å². The lowest BCUT2D eigenvalue weighted by Crippen LogP contribution is -1.94. The second-order valence-corrected chi connectivity index (χ2v) is 35.7. The normalized spacial score (nSPS) is 11.5. The van der Waals surface area contributed by atoms with E-state index in [2.05, 4.69) is 510 Å². The molecule has 0 radical (unpaired) electrons. The second-order valence-electron chi connectivity index (χ2n) is 35.7. The van der Waals surface area contributed by atoms with Crippen LogP contribution in [0.2, 0.25) is 0 Å². The third kappa shape index (κ3) is 14.7. The molecular formula is C136H88O2. The quantitative estimate of drug-likeness (QED) is 0.108. The summed E-state index contributed by atoms with van der Waals surface area (Å²) in [5.41, 5.74) is 35.5. The summed E-state index contributed by atoms with van der Waals surface area (Å²) in [6, 6.07) is 193. The summed E-state index contributed by atoms with van der Waals surface area (Å²) in [4.78, 5) is 0. The highest BCUT2D eigenvalue weighted by atomic mass is 16.3. The van der Waals surface area contributed by atoms with E-state index >= 15 is 0 Å². The Hall–Kier alpha value is -18.1. The molecule has 27 aromatic rings. The van der Waals surface area contributed by atoms with Crippen molar-refractivity contribution in [1.82, 2.24) is 0 Å². The van der Waals surface area contributed by atoms with Crippen molar-refractivity contribution in [2.75, 3.05) is 0 Å². The van der Waals surface area contributed by atoms with E-state index in [1.165, 1.54) is 209 Å².